The van der Waals surface area contributed by atoms with E-state index in [1.807, 2.05) is 6.92 Å². The van der Waals surface area contributed by atoms with Gasteiger partial charge in [-0.2, -0.15) is 0 Å². The van der Waals surface area contributed by atoms with Gasteiger partial charge >= 0.3 is 6.03 Å². The molecule has 0 bridgehead atoms. The number of ether oxygens (including phenoxy) is 1. The number of hydrogen-bond acceptors (Lipinski definition) is 4. The van der Waals surface area contributed by atoms with Crippen molar-refractivity contribution in [1.29, 1.82) is 0 Å². The molecule has 0 unspecified atom stereocenters. The van der Waals surface area contributed by atoms with E-state index >= 15 is 0 Å². The molecule has 2 rings (SSSR count). The molecule has 1 aromatic rings. The Morgan fingerprint density at radius 2 is 2.00 bits per heavy atom. The highest BCUT2D eigenvalue weighted by atomic mass is 16.5. The Labute approximate surface area is 135 Å². The number of urea groups is 1. The third kappa shape index (κ3) is 3.44. The lowest BCUT2D eigenvalue weighted by molar-refractivity contribution is -0.133. The van der Waals surface area contributed by atoms with Crippen molar-refractivity contribution in [3.05, 3.63) is 24.3 Å². The predicted octanol–water partition coefficient (Wildman–Crippen LogP) is 1.74. The Bertz CT molecular complexity index is 632. The summed E-state index contributed by atoms with van der Waals surface area (Å²) in [5.74, 6) is -0.307. The number of amides is 4. The van der Waals surface area contributed by atoms with Crippen molar-refractivity contribution in [2.45, 2.75) is 32.7 Å². The molecule has 1 heterocycles. The Hall–Kier alpha value is -2.57. The molecule has 1 saturated heterocycles. The standard InChI is InChI=1S/C16H21N3O4/c1-4-16(3)14(21)19(15(22)18-16)10-13(20)17-11-8-6-7-9-12(11)23-5-2/h6-9H,4-5,10H2,1-3H3,(H,17,20)(H,18,22)/t16-/m0/s1. The van der Waals surface area contributed by atoms with E-state index < -0.39 is 23.4 Å². The molecule has 23 heavy (non-hydrogen) atoms. The molecular formula is C16H21N3O4. The summed E-state index contributed by atoms with van der Waals surface area (Å²) in [6, 6.07) is 6.45. The summed E-state index contributed by atoms with van der Waals surface area (Å²) in [5.41, 5.74) is -0.440. The van der Waals surface area contributed by atoms with E-state index in [0.717, 1.165) is 4.90 Å². The second-order valence-corrected chi connectivity index (χ2v) is 5.48. The molecule has 0 aromatic heterocycles. The second kappa shape index (κ2) is 6.68. The fraction of sp³-hybridized carbons (Fsp3) is 0.438. The number of hydrogen-bond donors (Lipinski definition) is 2. The zero-order valence-electron chi connectivity index (χ0n) is 13.5. The number of nitrogens with zero attached hydrogens (tertiary/aromatic N) is 1. The number of rotatable bonds is 6. The third-order valence-electron chi connectivity index (χ3n) is 3.81. The maximum Gasteiger partial charge on any atom is 0.325 e. The first-order valence-corrected chi connectivity index (χ1v) is 7.57. The van der Waals surface area contributed by atoms with Crippen LogP contribution in [0, 0.1) is 0 Å². The molecule has 7 nitrogen and oxygen atoms in total. The van der Waals surface area contributed by atoms with Gasteiger partial charge in [-0.05, 0) is 32.4 Å². The molecule has 0 saturated carbocycles. The summed E-state index contributed by atoms with van der Waals surface area (Å²) in [6.45, 7) is 5.43. The Balaban J connectivity index is 2.06. The summed E-state index contributed by atoms with van der Waals surface area (Å²) in [5, 5.41) is 5.28. The van der Waals surface area contributed by atoms with Crippen molar-refractivity contribution in [2.24, 2.45) is 0 Å². The molecule has 0 aliphatic carbocycles. The Morgan fingerprint density at radius 1 is 1.30 bits per heavy atom. The van der Waals surface area contributed by atoms with Gasteiger partial charge in [0.05, 0.1) is 12.3 Å². The minimum Gasteiger partial charge on any atom is -0.492 e. The average Bonchev–Trinajstić information content (AvgIpc) is 2.73. The van der Waals surface area contributed by atoms with Crippen LogP contribution >= 0.6 is 0 Å². The zero-order chi connectivity index (χ0) is 17.0. The maximum atomic E-state index is 12.3. The van der Waals surface area contributed by atoms with E-state index in [2.05, 4.69) is 10.6 Å². The van der Waals surface area contributed by atoms with Gasteiger partial charge in [-0.1, -0.05) is 19.1 Å². The molecule has 1 aliphatic rings. The molecule has 0 spiro atoms. The van der Waals surface area contributed by atoms with Crippen LogP contribution < -0.4 is 15.4 Å². The van der Waals surface area contributed by atoms with E-state index in [0.29, 0.717) is 24.5 Å². The number of nitrogens with one attached hydrogen (secondary N) is 2. The molecule has 124 valence electrons. The zero-order valence-corrected chi connectivity index (χ0v) is 13.5. The minimum atomic E-state index is -0.944. The third-order valence-corrected chi connectivity index (χ3v) is 3.81. The van der Waals surface area contributed by atoms with Gasteiger partial charge in [-0.3, -0.25) is 14.5 Å². The second-order valence-electron chi connectivity index (χ2n) is 5.48. The maximum absolute atomic E-state index is 12.3. The van der Waals surface area contributed by atoms with Gasteiger partial charge < -0.3 is 15.4 Å². The van der Waals surface area contributed by atoms with Crippen LogP contribution in [0.5, 0.6) is 5.75 Å². The molecular weight excluding hydrogens is 298 g/mol. The van der Waals surface area contributed by atoms with Crippen LogP contribution in [-0.2, 0) is 9.59 Å². The van der Waals surface area contributed by atoms with E-state index in [1.54, 1.807) is 38.1 Å². The van der Waals surface area contributed by atoms with Gasteiger partial charge in [0.25, 0.3) is 5.91 Å². The average molecular weight is 319 g/mol. The van der Waals surface area contributed by atoms with Crippen LogP contribution in [0.2, 0.25) is 0 Å². The number of benzene rings is 1. The van der Waals surface area contributed by atoms with E-state index in [9.17, 15) is 14.4 Å². The molecule has 7 heteroatoms. The first-order chi connectivity index (χ1) is 10.9. The molecule has 4 amide bonds. The Morgan fingerprint density at radius 3 is 2.61 bits per heavy atom. The van der Waals surface area contributed by atoms with E-state index in [1.165, 1.54) is 0 Å². The highest BCUT2D eigenvalue weighted by Gasteiger charge is 2.46. The minimum absolute atomic E-state index is 0.333. The van der Waals surface area contributed by atoms with Crippen molar-refractivity contribution < 1.29 is 19.1 Å². The largest absolute Gasteiger partial charge is 0.492 e. The highest BCUT2D eigenvalue weighted by molar-refractivity contribution is 6.10. The molecule has 0 radical (unpaired) electrons. The highest BCUT2D eigenvalue weighted by Crippen LogP contribution is 2.24. The van der Waals surface area contributed by atoms with E-state index in [-0.39, 0.29) is 6.54 Å². The summed E-state index contributed by atoms with van der Waals surface area (Å²) in [4.78, 5) is 37.3. The number of carbonyl (C=O) groups is 3. The van der Waals surface area contributed by atoms with Crippen LogP contribution in [0.3, 0.4) is 0 Å². The van der Waals surface area contributed by atoms with Crippen molar-refractivity contribution in [1.82, 2.24) is 10.2 Å². The van der Waals surface area contributed by atoms with Crippen molar-refractivity contribution >= 4 is 23.5 Å². The smallest absolute Gasteiger partial charge is 0.325 e. The molecule has 1 aliphatic heterocycles. The fourth-order valence-electron chi connectivity index (χ4n) is 2.31. The fourth-order valence-corrected chi connectivity index (χ4v) is 2.31. The quantitative estimate of drug-likeness (QED) is 0.782. The number of imide groups is 1. The normalized spacial score (nSPS) is 20.4. The lowest BCUT2D eigenvalue weighted by atomic mass is 9.99. The summed E-state index contributed by atoms with van der Waals surface area (Å²) in [7, 11) is 0. The first kappa shape index (κ1) is 16.8. The van der Waals surface area contributed by atoms with Gasteiger partial charge in [0.15, 0.2) is 0 Å². The van der Waals surface area contributed by atoms with Crippen LogP contribution in [0.15, 0.2) is 24.3 Å². The lowest BCUT2D eigenvalue weighted by Gasteiger charge is -2.19. The lowest BCUT2D eigenvalue weighted by Crippen LogP contribution is -2.44. The molecule has 1 aromatic carbocycles. The number of anilines is 1. The van der Waals surface area contributed by atoms with Crippen LogP contribution in [-0.4, -0.2) is 41.4 Å². The van der Waals surface area contributed by atoms with Gasteiger partial charge in [-0.25, -0.2) is 4.79 Å². The molecule has 1 fully saturated rings. The van der Waals surface area contributed by atoms with Gasteiger partial charge in [0, 0.05) is 0 Å². The summed E-state index contributed by atoms with van der Waals surface area (Å²) < 4.78 is 5.43. The van der Waals surface area contributed by atoms with Gasteiger partial charge in [0.1, 0.15) is 17.8 Å². The molecule has 1 atom stereocenters. The number of carbonyl (C=O) groups excluding carboxylic acids is 3. The molecule has 2 N–H and O–H groups in total. The Kier molecular flexibility index (Phi) is 4.88. The first-order valence-electron chi connectivity index (χ1n) is 7.57. The van der Waals surface area contributed by atoms with Crippen LogP contribution in [0.4, 0.5) is 10.5 Å². The summed E-state index contributed by atoms with van der Waals surface area (Å²) >= 11 is 0. The van der Waals surface area contributed by atoms with Crippen LogP contribution in [0.1, 0.15) is 27.2 Å². The van der Waals surface area contributed by atoms with Gasteiger partial charge in [-0.15, -0.1) is 0 Å². The predicted molar refractivity (Wildman–Crippen MR) is 85.2 cm³/mol. The SMILES string of the molecule is CCOc1ccccc1NC(=O)CN1C(=O)N[C@@](C)(CC)C1=O. The van der Waals surface area contributed by atoms with E-state index in [4.69, 9.17) is 4.74 Å². The monoisotopic (exact) mass is 319 g/mol. The van der Waals surface area contributed by atoms with Crippen molar-refractivity contribution in [3.63, 3.8) is 0 Å². The number of para-hydroxylation sites is 2. The van der Waals surface area contributed by atoms with Gasteiger partial charge in [0.2, 0.25) is 5.91 Å². The topological polar surface area (TPSA) is 87.7 Å². The summed E-state index contributed by atoms with van der Waals surface area (Å²) in [6.07, 6.45) is 0.461. The van der Waals surface area contributed by atoms with Crippen molar-refractivity contribution in [3.8, 4) is 5.75 Å². The van der Waals surface area contributed by atoms with Crippen molar-refractivity contribution in [2.75, 3.05) is 18.5 Å². The van der Waals surface area contributed by atoms with Crippen LogP contribution in [0.25, 0.3) is 0 Å².